The van der Waals surface area contributed by atoms with Crippen molar-refractivity contribution in [3.05, 3.63) is 51.5 Å². The van der Waals surface area contributed by atoms with Crippen molar-refractivity contribution in [2.75, 3.05) is 22.5 Å². The first-order valence-corrected chi connectivity index (χ1v) is 10.2. The van der Waals surface area contributed by atoms with Crippen LogP contribution in [0.15, 0.2) is 39.7 Å². The summed E-state index contributed by atoms with van der Waals surface area (Å²) in [6.45, 7) is 6.38. The molecule has 1 aliphatic rings. The number of carbonyl (C=O) groups excluding carboxylic acids is 2. The quantitative estimate of drug-likeness (QED) is 0.711. The van der Waals surface area contributed by atoms with Crippen molar-refractivity contribution in [3.8, 4) is 0 Å². The van der Waals surface area contributed by atoms with Crippen LogP contribution in [0.5, 0.6) is 0 Å². The predicted molar refractivity (Wildman–Crippen MR) is 111 cm³/mol. The van der Waals surface area contributed by atoms with Gasteiger partial charge in [0, 0.05) is 34.2 Å². The fourth-order valence-corrected chi connectivity index (χ4v) is 4.42. The molecule has 0 aliphatic carbocycles. The number of thioether (sulfide) groups is 1. The van der Waals surface area contributed by atoms with E-state index in [1.807, 2.05) is 32.0 Å². The van der Waals surface area contributed by atoms with Crippen LogP contribution in [-0.2, 0) is 16.0 Å². The van der Waals surface area contributed by atoms with Crippen LogP contribution in [-0.4, -0.2) is 24.1 Å². The number of carbonyl (C=O) groups is 2. The normalized spacial score (nSPS) is 12.8. The van der Waals surface area contributed by atoms with Gasteiger partial charge in [-0.15, -0.1) is 11.8 Å². The van der Waals surface area contributed by atoms with E-state index in [0.29, 0.717) is 12.3 Å². The van der Waals surface area contributed by atoms with Gasteiger partial charge in [0.1, 0.15) is 0 Å². The summed E-state index contributed by atoms with van der Waals surface area (Å²) in [7, 11) is 0. The molecule has 0 aromatic heterocycles. The Morgan fingerprint density at radius 3 is 2.69 bits per heavy atom. The monoisotopic (exact) mass is 432 g/mol. The molecule has 0 bridgehead atoms. The highest BCUT2D eigenvalue weighted by atomic mass is 79.9. The highest BCUT2D eigenvalue weighted by Crippen LogP contribution is 2.31. The molecule has 4 nitrogen and oxygen atoms in total. The lowest BCUT2D eigenvalue weighted by Crippen LogP contribution is -2.25. The molecule has 1 heterocycles. The van der Waals surface area contributed by atoms with Crippen LogP contribution in [0.3, 0.4) is 0 Å². The Kier molecular flexibility index (Phi) is 5.73. The van der Waals surface area contributed by atoms with Crippen LogP contribution >= 0.6 is 27.7 Å². The standard InChI is InChI=1S/C20H21BrN2O2S/c1-12-9-19(13(2)8-17(12)21)26-11-20(25)22-16-4-5-18-15(10-16)6-7-23(18)14(3)24/h4-5,8-10H,6-7,11H2,1-3H3,(H,22,25). The number of hydrogen-bond donors (Lipinski definition) is 1. The zero-order chi connectivity index (χ0) is 18.8. The summed E-state index contributed by atoms with van der Waals surface area (Å²) in [5.74, 6) is 0.381. The average Bonchev–Trinajstić information content (AvgIpc) is 3.00. The Morgan fingerprint density at radius 2 is 1.96 bits per heavy atom. The third-order valence-electron chi connectivity index (χ3n) is 4.45. The third-order valence-corrected chi connectivity index (χ3v) is 6.47. The van der Waals surface area contributed by atoms with E-state index < -0.39 is 0 Å². The molecule has 0 radical (unpaired) electrons. The Hall–Kier alpha value is -1.79. The van der Waals surface area contributed by atoms with E-state index in [1.165, 1.54) is 0 Å². The maximum atomic E-state index is 12.3. The lowest BCUT2D eigenvalue weighted by Gasteiger charge is -2.15. The Labute approximate surface area is 166 Å². The van der Waals surface area contributed by atoms with Crippen LogP contribution in [0.25, 0.3) is 0 Å². The SMILES string of the molecule is CC(=O)N1CCc2cc(NC(=O)CSc3cc(C)c(Br)cc3C)ccc21. The van der Waals surface area contributed by atoms with Gasteiger partial charge in [-0.25, -0.2) is 0 Å². The predicted octanol–water partition coefficient (Wildman–Crippen LogP) is 4.71. The van der Waals surface area contributed by atoms with Crippen molar-refractivity contribution in [1.82, 2.24) is 0 Å². The first-order valence-electron chi connectivity index (χ1n) is 8.45. The molecule has 0 unspecified atom stereocenters. The molecule has 0 atom stereocenters. The summed E-state index contributed by atoms with van der Waals surface area (Å²) in [6, 6.07) is 9.92. The van der Waals surface area contributed by atoms with E-state index in [0.717, 1.165) is 43.9 Å². The highest BCUT2D eigenvalue weighted by Gasteiger charge is 2.22. The molecule has 0 saturated carbocycles. The number of hydrogen-bond acceptors (Lipinski definition) is 3. The van der Waals surface area contributed by atoms with Crippen molar-refractivity contribution >= 4 is 50.9 Å². The average molecular weight is 433 g/mol. The number of amides is 2. The first kappa shape index (κ1) is 19.0. The van der Waals surface area contributed by atoms with Gasteiger partial charge in [0.05, 0.1) is 5.75 Å². The second kappa shape index (κ2) is 7.84. The van der Waals surface area contributed by atoms with E-state index in [-0.39, 0.29) is 11.8 Å². The van der Waals surface area contributed by atoms with Crippen LogP contribution in [0.2, 0.25) is 0 Å². The smallest absolute Gasteiger partial charge is 0.234 e. The third kappa shape index (κ3) is 4.13. The van der Waals surface area contributed by atoms with Crippen LogP contribution in [0, 0.1) is 13.8 Å². The maximum absolute atomic E-state index is 12.3. The number of nitrogens with zero attached hydrogens (tertiary/aromatic N) is 1. The molecular weight excluding hydrogens is 412 g/mol. The molecule has 1 N–H and O–H groups in total. The Bertz CT molecular complexity index is 882. The summed E-state index contributed by atoms with van der Waals surface area (Å²) < 4.78 is 1.08. The highest BCUT2D eigenvalue weighted by molar-refractivity contribution is 9.10. The number of rotatable bonds is 4. The molecule has 6 heteroatoms. The van der Waals surface area contributed by atoms with Crippen LogP contribution in [0.4, 0.5) is 11.4 Å². The molecule has 136 valence electrons. The minimum absolute atomic E-state index is 0.0312. The van der Waals surface area contributed by atoms with E-state index in [9.17, 15) is 9.59 Å². The maximum Gasteiger partial charge on any atom is 0.234 e. The summed E-state index contributed by atoms with van der Waals surface area (Å²) in [5.41, 5.74) is 5.15. The van der Waals surface area contributed by atoms with Gasteiger partial charge in [-0.2, -0.15) is 0 Å². The molecule has 0 saturated heterocycles. The molecule has 0 fully saturated rings. The van der Waals surface area contributed by atoms with Gasteiger partial charge >= 0.3 is 0 Å². The van der Waals surface area contributed by atoms with Gasteiger partial charge in [-0.05, 0) is 67.3 Å². The van der Waals surface area contributed by atoms with E-state index >= 15 is 0 Å². The topological polar surface area (TPSA) is 49.4 Å². The zero-order valence-corrected chi connectivity index (χ0v) is 17.5. The van der Waals surface area contributed by atoms with Crippen molar-refractivity contribution in [3.63, 3.8) is 0 Å². The van der Waals surface area contributed by atoms with Gasteiger partial charge in [-0.1, -0.05) is 15.9 Å². The number of aryl methyl sites for hydroxylation is 2. The summed E-state index contributed by atoms with van der Waals surface area (Å²) in [4.78, 5) is 26.8. The Balaban J connectivity index is 1.63. The molecule has 1 aliphatic heterocycles. The van der Waals surface area contributed by atoms with Gasteiger partial charge in [0.25, 0.3) is 0 Å². The van der Waals surface area contributed by atoms with Crippen molar-refractivity contribution in [2.45, 2.75) is 32.1 Å². The van der Waals surface area contributed by atoms with Crippen LogP contribution in [0.1, 0.15) is 23.6 Å². The Morgan fingerprint density at radius 1 is 1.19 bits per heavy atom. The molecule has 2 aromatic rings. The van der Waals surface area contributed by atoms with Crippen molar-refractivity contribution in [1.29, 1.82) is 0 Å². The van der Waals surface area contributed by atoms with Gasteiger partial charge in [0.15, 0.2) is 0 Å². The van der Waals surface area contributed by atoms with Crippen molar-refractivity contribution < 1.29 is 9.59 Å². The summed E-state index contributed by atoms with van der Waals surface area (Å²) in [6.07, 6.45) is 0.824. The molecular formula is C20H21BrN2O2S. The fourth-order valence-electron chi connectivity index (χ4n) is 3.06. The van der Waals surface area contributed by atoms with E-state index in [2.05, 4.69) is 33.4 Å². The van der Waals surface area contributed by atoms with Gasteiger partial charge in [-0.3, -0.25) is 9.59 Å². The lowest BCUT2D eigenvalue weighted by molar-refractivity contribution is -0.116. The fraction of sp³-hybridized carbons (Fsp3) is 0.300. The van der Waals surface area contributed by atoms with Gasteiger partial charge in [0.2, 0.25) is 11.8 Å². The lowest BCUT2D eigenvalue weighted by atomic mass is 10.1. The number of nitrogens with one attached hydrogen (secondary N) is 1. The van der Waals surface area contributed by atoms with Crippen molar-refractivity contribution in [2.24, 2.45) is 0 Å². The number of anilines is 2. The number of halogens is 1. The molecule has 2 amide bonds. The summed E-state index contributed by atoms with van der Waals surface area (Å²) in [5, 5.41) is 2.96. The summed E-state index contributed by atoms with van der Waals surface area (Å²) >= 11 is 5.07. The van der Waals surface area contributed by atoms with Crippen LogP contribution < -0.4 is 10.2 Å². The van der Waals surface area contributed by atoms with Gasteiger partial charge < -0.3 is 10.2 Å². The molecule has 26 heavy (non-hydrogen) atoms. The number of benzene rings is 2. The first-order chi connectivity index (χ1) is 12.3. The number of fused-ring (bicyclic) bond motifs is 1. The minimum atomic E-state index is -0.0312. The second-order valence-electron chi connectivity index (χ2n) is 6.47. The largest absolute Gasteiger partial charge is 0.325 e. The zero-order valence-electron chi connectivity index (χ0n) is 15.1. The van der Waals surface area contributed by atoms with E-state index in [1.54, 1.807) is 23.6 Å². The second-order valence-corrected chi connectivity index (χ2v) is 8.34. The van der Waals surface area contributed by atoms with E-state index in [4.69, 9.17) is 0 Å². The molecule has 3 rings (SSSR count). The molecule has 0 spiro atoms. The molecule has 2 aromatic carbocycles. The minimum Gasteiger partial charge on any atom is -0.325 e.